The number of anilines is 1. The minimum Gasteiger partial charge on any atom is -0.459 e. The average molecular weight is 454 g/mol. The minimum atomic E-state index is -0.314. The van der Waals surface area contributed by atoms with Crippen molar-refractivity contribution in [3.05, 3.63) is 76.3 Å². The molecule has 2 amide bonds. The van der Waals surface area contributed by atoms with E-state index >= 15 is 0 Å². The molecule has 0 fully saturated rings. The zero-order chi connectivity index (χ0) is 21.6. The smallest absolute Gasteiger partial charge is 0.291 e. The first-order valence-corrected chi connectivity index (χ1v) is 10.8. The Hall–Kier alpha value is -3.50. The largest absolute Gasteiger partial charge is 0.459 e. The molecule has 0 saturated carbocycles. The van der Waals surface area contributed by atoms with E-state index in [2.05, 4.69) is 20.8 Å². The molecule has 0 spiro atoms. The van der Waals surface area contributed by atoms with Crippen LogP contribution in [0.2, 0.25) is 0 Å². The van der Waals surface area contributed by atoms with Gasteiger partial charge >= 0.3 is 0 Å². The number of hydrogen-bond acceptors (Lipinski definition) is 6. The average Bonchev–Trinajstić information content (AvgIpc) is 3.54. The monoisotopic (exact) mass is 453 g/mol. The quantitative estimate of drug-likeness (QED) is 0.347. The van der Waals surface area contributed by atoms with Gasteiger partial charge in [-0.3, -0.25) is 19.3 Å². The Labute approximate surface area is 186 Å². The second kappa shape index (κ2) is 9.54. The molecule has 0 unspecified atom stereocenters. The molecule has 158 valence electrons. The number of rotatable bonds is 8. The van der Waals surface area contributed by atoms with Gasteiger partial charge in [-0.15, -0.1) is 11.3 Å². The lowest BCUT2D eigenvalue weighted by Crippen LogP contribution is -2.24. The number of hydrogen-bond donors (Lipinski definition) is 3. The van der Waals surface area contributed by atoms with Crippen LogP contribution in [-0.4, -0.2) is 26.6 Å². The zero-order valence-corrected chi connectivity index (χ0v) is 18.0. The van der Waals surface area contributed by atoms with Gasteiger partial charge in [0.25, 0.3) is 5.91 Å². The van der Waals surface area contributed by atoms with Gasteiger partial charge in [0, 0.05) is 25.2 Å². The number of nitrogens with one attached hydrogen (secondary N) is 3. The summed E-state index contributed by atoms with van der Waals surface area (Å²) in [5, 5.41) is 14.7. The molecule has 31 heavy (non-hydrogen) atoms. The number of nitrogens with zero attached hydrogens (tertiary/aromatic N) is 2. The summed E-state index contributed by atoms with van der Waals surface area (Å²) in [4.78, 5) is 25.3. The summed E-state index contributed by atoms with van der Waals surface area (Å²) in [6.07, 6.45) is 1.73. The second-order valence-corrected chi connectivity index (χ2v) is 7.97. The molecule has 0 aliphatic rings. The van der Waals surface area contributed by atoms with E-state index in [0.717, 1.165) is 16.3 Å². The molecule has 4 aromatic rings. The third-order valence-electron chi connectivity index (χ3n) is 4.51. The predicted molar refractivity (Wildman–Crippen MR) is 120 cm³/mol. The number of thiophene rings is 1. The van der Waals surface area contributed by atoms with Gasteiger partial charge in [-0.2, -0.15) is 5.10 Å². The van der Waals surface area contributed by atoms with E-state index in [0.29, 0.717) is 23.5 Å². The van der Waals surface area contributed by atoms with Gasteiger partial charge in [-0.05, 0) is 53.5 Å². The van der Waals surface area contributed by atoms with E-state index in [-0.39, 0.29) is 24.0 Å². The number of H-pyrrole nitrogens is 1. The molecule has 0 atom stereocenters. The summed E-state index contributed by atoms with van der Waals surface area (Å²) in [6.45, 7) is 0.825. The summed E-state index contributed by atoms with van der Waals surface area (Å²) in [7, 11) is 0. The molecule has 0 saturated heterocycles. The SMILES string of the molecule is O=C(CCn1c(-c2cccs2)n[nH]c1=S)NCc1ccc(NC(=O)c2ccco2)cc1. The van der Waals surface area contributed by atoms with Gasteiger partial charge in [-0.25, -0.2) is 0 Å². The van der Waals surface area contributed by atoms with E-state index in [9.17, 15) is 9.59 Å². The van der Waals surface area contributed by atoms with Crippen molar-refractivity contribution in [1.82, 2.24) is 20.1 Å². The fourth-order valence-electron chi connectivity index (χ4n) is 2.93. The Bertz CT molecular complexity index is 1210. The zero-order valence-electron chi connectivity index (χ0n) is 16.3. The number of benzene rings is 1. The molecule has 0 aliphatic heterocycles. The standard InChI is InChI=1S/C21H19N5O3S2/c27-18(9-10-26-19(24-25-21(26)30)17-4-2-12-31-17)22-13-14-5-7-15(8-6-14)23-20(28)16-3-1-11-29-16/h1-8,11-12H,9-10,13H2,(H,22,27)(H,23,28)(H,25,30). The number of carbonyl (C=O) groups excluding carboxylic acids is 2. The highest BCUT2D eigenvalue weighted by molar-refractivity contribution is 7.71. The van der Waals surface area contributed by atoms with Crippen molar-refractivity contribution >= 4 is 41.1 Å². The van der Waals surface area contributed by atoms with Crippen molar-refractivity contribution in [1.29, 1.82) is 0 Å². The first kappa shape index (κ1) is 20.8. The van der Waals surface area contributed by atoms with Crippen LogP contribution in [0.15, 0.2) is 64.6 Å². The van der Waals surface area contributed by atoms with E-state index in [4.69, 9.17) is 16.6 Å². The lowest BCUT2D eigenvalue weighted by Gasteiger charge is -2.08. The molecule has 3 heterocycles. The molecule has 8 nitrogen and oxygen atoms in total. The maximum Gasteiger partial charge on any atom is 0.291 e. The third-order valence-corrected chi connectivity index (χ3v) is 5.69. The Kier molecular flexibility index (Phi) is 6.39. The fourth-order valence-corrected chi connectivity index (χ4v) is 3.87. The van der Waals surface area contributed by atoms with Crippen molar-refractivity contribution in [2.45, 2.75) is 19.5 Å². The molecule has 0 aliphatic carbocycles. The fraction of sp³-hybridized carbons (Fsp3) is 0.143. The normalized spacial score (nSPS) is 10.7. The van der Waals surface area contributed by atoms with E-state index < -0.39 is 0 Å². The van der Waals surface area contributed by atoms with E-state index in [1.165, 1.54) is 6.26 Å². The molecule has 4 rings (SSSR count). The lowest BCUT2D eigenvalue weighted by molar-refractivity contribution is -0.121. The molecular weight excluding hydrogens is 434 g/mol. The van der Waals surface area contributed by atoms with Crippen molar-refractivity contribution in [3.63, 3.8) is 0 Å². The van der Waals surface area contributed by atoms with Crippen LogP contribution in [0.3, 0.4) is 0 Å². The van der Waals surface area contributed by atoms with Gasteiger partial charge in [0.1, 0.15) is 0 Å². The van der Waals surface area contributed by atoms with Crippen molar-refractivity contribution < 1.29 is 14.0 Å². The number of aromatic nitrogens is 3. The van der Waals surface area contributed by atoms with Gasteiger partial charge in [0.15, 0.2) is 16.4 Å². The summed E-state index contributed by atoms with van der Waals surface area (Å²) < 4.78 is 7.39. The van der Waals surface area contributed by atoms with Crippen LogP contribution in [0, 0.1) is 4.77 Å². The van der Waals surface area contributed by atoms with Gasteiger partial charge in [0.05, 0.1) is 11.1 Å². The number of furan rings is 1. The first-order valence-electron chi connectivity index (χ1n) is 9.50. The highest BCUT2D eigenvalue weighted by Gasteiger charge is 2.12. The molecule has 3 aromatic heterocycles. The highest BCUT2D eigenvalue weighted by Crippen LogP contribution is 2.22. The van der Waals surface area contributed by atoms with Gasteiger partial charge in [0.2, 0.25) is 5.91 Å². The molecule has 1 aromatic carbocycles. The van der Waals surface area contributed by atoms with E-state index in [1.807, 2.05) is 34.2 Å². The highest BCUT2D eigenvalue weighted by atomic mass is 32.1. The van der Waals surface area contributed by atoms with Crippen LogP contribution in [0.1, 0.15) is 22.5 Å². The molecule has 0 bridgehead atoms. The maximum absolute atomic E-state index is 12.3. The predicted octanol–water partition coefficient (Wildman–Crippen LogP) is 4.22. The van der Waals surface area contributed by atoms with Crippen LogP contribution < -0.4 is 10.6 Å². The topological polar surface area (TPSA) is 105 Å². The summed E-state index contributed by atoms with van der Waals surface area (Å²) in [5.74, 6) is 0.581. The van der Waals surface area contributed by atoms with Crippen LogP contribution in [0.5, 0.6) is 0 Å². The van der Waals surface area contributed by atoms with Crippen LogP contribution in [0.25, 0.3) is 10.7 Å². The van der Waals surface area contributed by atoms with Crippen LogP contribution >= 0.6 is 23.6 Å². The van der Waals surface area contributed by atoms with Crippen LogP contribution in [-0.2, 0) is 17.9 Å². The summed E-state index contributed by atoms with van der Waals surface area (Å²) in [6, 6.07) is 14.4. The molecule has 3 N–H and O–H groups in total. The van der Waals surface area contributed by atoms with Crippen molar-refractivity contribution in [3.8, 4) is 10.7 Å². The summed E-state index contributed by atoms with van der Waals surface area (Å²) >= 11 is 6.86. The number of carbonyl (C=O) groups is 2. The minimum absolute atomic E-state index is 0.0876. The van der Waals surface area contributed by atoms with Gasteiger partial charge < -0.3 is 15.1 Å². The molecular formula is C21H19N5O3S2. The summed E-state index contributed by atoms with van der Waals surface area (Å²) in [5.41, 5.74) is 1.57. The Morgan fingerprint density at radius 2 is 2.00 bits per heavy atom. The molecule has 10 heteroatoms. The molecule has 0 radical (unpaired) electrons. The number of aromatic amines is 1. The van der Waals surface area contributed by atoms with Gasteiger partial charge in [-0.1, -0.05) is 18.2 Å². The Morgan fingerprint density at radius 1 is 1.16 bits per heavy atom. The van der Waals surface area contributed by atoms with E-state index in [1.54, 1.807) is 35.6 Å². The second-order valence-electron chi connectivity index (χ2n) is 6.64. The maximum atomic E-state index is 12.3. The van der Waals surface area contributed by atoms with Crippen molar-refractivity contribution in [2.75, 3.05) is 5.32 Å². The number of amides is 2. The lowest BCUT2D eigenvalue weighted by atomic mass is 10.2. The van der Waals surface area contributed by atoms with Crippen LogP contribution in [0.4, 0.5) is 5.69 Å². The third kappa shape index (κ3) is 5.16. The van der Waals surface area contributed by atoms with Crippen molar-refractivity contribution in [2.24, 2.45) is 0 Å². The first-order chi connectivity index (χ1) is 15.1. The Morgan fingerprint density at radius 3 is 2.71 bits per heavy atom. The Balaban J connectivity index is 1.27.